The number of nitriles is 1. The van der Waals surface area contributed by atoms with Crippen molar-refractivity contribution in [2.75, 3.05) is 0 Å². The first-order chi connectivity index (χ1) is 32.5. The molecule has 66 heavy (non-hydrogen) atoms. The van der Waals surface area contributed by atoms with Crippen LogP contribution >= 0.6 is 0 Å². The Morgan fingerprint density at radius 1 is 0.364 bits per heavy atom. The first-order valence-electron chi connectivity index (χ1n) is 22.4. The second-order valence-electron chi connectivity index (χ2n) is 17.2. The van der Waals surface area contributed by atoms with Gasteiger partial charge in [-0.2, -0.15) is 5.26 Å². The topological polar surface area (TPSA) is 46.5 Å². The second kappa shape index (κ2) is 15.8. The van der Waals surface area contributed by atoms with Gasteiger partial charge in [-0.3, -0.25) is 0 Å². The van der Waals surface area contributed by atoms with Gasteiger partial charge < -0.3 is 9.13 Å². The average Bonchev–Trinajstić information content (AvgIpc) is 3.88. The molecule has 0 N–H and O–H groups in total. The number of para-hydroxylation sites is 2. The molecule has 310 valence electrons. The monoisotopic (exact) mass is 842 g/mol. The SMILES string of the molecule is Cc1ccccc1-c1ccc2c(c1)c1ccccc1n2-c1cc(C#N)cc(-n2c3ccccc3c3cc(-c4ccccc4C)ccc32)c1-c1cc(-c2ccccc2)nc(-c2ccccc2)c1. The van der Waals surface area contributed by atoms with Gasteiger partial charge in [0.05, 0.1) is 56.5 Å². The molecule has 0 amide bonds. The van der Waals surface area contributed by atoms with Gasteiger partial charge in [0.2, 0.25) is 0 Å². The normalized spacial score (nSPS) is 11.5. The minimum atomic E-state index is 0.564. The summed E-state index contributed by atoms with van der Waals surface area (Å²) < 4.78 is 4.75. The predicted molar refractivity (Wildman–Crippen MR) is 274 cm³/mol. The van der Waals surface area contributed by atoms with Gasteiger partial charge in [-0.25, -0.2) is 4.98 Å². The van der Waals surface area contributed by atoms with Crippen molar-refractivity contribution in [3.63, 3.8) is 0 Å². The smallest absolute Gasteiger partial charge is 0.0993 e. The zero-order valence-corrected chi connectivity index (χ0v) is 36.6. The summed E-state index contributed by atoms with van der Waals surface area (Å²) in [5, 5.41) is 15.7. The van der Waals surface area contributed by atoms with E-state index in [0.29, 0.717) is 5.56 Å². The Kier molecular flexibility index (Phi) is 9.29. The standard InChI is InChI=1S/C62H42N4/c1-40-17-9-11-23-48(40)45-29-31-58-52(35-45)50-25-13-15-27-56(50)65(58)60-33-42(39-63)34-61(62(60)47-37-54(43-19-5-3-6-20-43)64-55(38-47)44-21-7-4-8-22-44)66-57-28-16-14-26-51(57)53-36-46(30-32-59(53)66)49-24-12-10-18-41(49)2/h3-38H,1-2H3. The van der Waals surface area contributed by atoms with Gasteiger partial charge in [-0.1, -0.05) is 158 Å². The van der Waals surface area contributed by atoms with Crippen molar-refractivity contribution in [2.24, 2.45) is 0 Å². The summed E-state index contributed by atoms with van der Waals surface area (Å²) in [6.45, 7) is 4.34. The lowest BCUT2D eigenvalue weighted by atomic mass is 9.95. The van der Waals surface area contributed by atoms with E-state index < -0.39 is 0 Å². The number of hydrogen-bond acceptors (Lipinski definition) is 2. The Balaban J connectivity index is 1.23. The third-order valence-electron chi connectivity index (χ3n) is 13.2. The Morgan fingerprint density at radius 2 is 0.773 bits per heavy atom. The van der Waals surface area contributed by atoms with Crippen LogP contribution in [-0.2, 0) is 0 Å². The molecule has 0 spiro atoms. The number of fused-ring (bicyclic) bond motifs is 6. The van der Waals surface area contributed by atoms with Crippen LogP contribution < -0.4 is 0 Å². The van der Waals surface area contributed by atoms with Crippen LogP contribution in [0, 0.1) is 25.2 Å². The van der Waals surface area contributed by atoms with Crippen molar-refractivity contribution in [1.82, 2.24) is 14.1 Å². The summed E-state index contributed by atoms with van der Waals surface area (Å²) >= 11 is 0. The quantitative estimate of drug-likeness (QED) is 0.160. The number of rotatable bonds is 7. The maximum atomic E-state index is 11.1. The van der Waals surface area contributed by atoms with Crippen LogP contribution in [0.5, 0.6) is 0 Å². The van der Waals surface area contributed by atoms with E-state index in [1.807, 2.05) is 12.1 Å². The highest BCUT2D eigenvalue weighted by molar-refractivity contribution is 6.13. The molecule has 9 aromatic carbocycles. The summed E-state index contributed by atoms with van der Waals surface area (Å²) in [5.41, 5.74) is 19.6. The lowest BCUT2D eigenvalue weighted by Crippen LogP contribution is -2.05. The molecule has 0 atom stereocenters. The lowest BCUT2D eigenvalue weighted by Gasteiger charge is -2.22. The molecule has 3 heterocycles. The fourth-order valence-corrected chi connectivity index (χ4v) is 10.1. The highest BCUT2D eigenvalue weighted by Gasteiger charge is 2.25. The first kappa shape index (κ1) is 38.9. The lowest BCUT2D eigenvalue weighted by molar-refractivity contribution is 1.13. The number of benzene rings is 9. The van der Waals surface area contributed by atoms with Crippen molar-refractivity contribution < 1.29 is 0 Å². The molecule has 0 radical (unpaired) electrons. The van der Waals surface area contributed by atoms with Gasteiger partial charge in [-0.05, 0) is 113 Å². The third kappa shape index (κ3) is 6.40. The molecule has 0 fully saturated rings. The largest absolute Gasteiger partial charge is 0.308 e. The zero-order valence-electron chi connectivity index (χ0n) is 36.6. The highest BCUT2D eigenvalue weighted by atomic mass is 15.0. The van der Waals surface area contributed by atoms with E-state index in [9.17, 15) is 5.26 Å². The molecular weight excluding hydrogens is 801 g/mol. The van der Waals surface area contributed by atoms with Crippen molar-refractivity contribution in [1.29, 1.82) is 5.26 Å². The summed E-state index contributed by atoms with van der Waals surface area (Å²) in [5.74, 6) is 0. The van der Waals surface area contributed by atoms with Crippen LogP contribution in [0.4, 0.5) is 0 Å². The van der Waals surface area contributed by atoms with E-state index >= 15 is 0 Å². The van der Waals surface area contributed by atoms with Crippen LogP contribution in [0.2, 0.25) is 0 Å². The molecule has 4 heteroatoms. The van der Waals surface area contributed by atoms with Gasteiger partial charge in [0.25, 0.3) is 0 Å². The highest BCUT2D eigenvalue weighted by Crippen LogP contribution is 2.45. The Hall–Kier alpha value is -8.78. The number of pyridine rings is 1. The van der Waals surface area contributed by atoms with Crippen LogP contribution in [-0.4, -0.2) is 14.1 Å². The fourth-order valence-electron chi connectivity index (χ4n) is 10.1. The third-order valence-corrected chi connectivity index (χ3v) is 13.2. The average molecular weight is 843 g/mol. The van der Waals surface area contributed by atoms with E-state index in [2.05, 4.69) is 235 Å². The molecule has 3 aromatic heterocycles. The fraction of sp³-hybridized carbons (Fsp3) is 0.0323. The molecule has 4 nitrogen and oxygen atoms in total. The van der Waals surface area contributed by atoms with E-state index in [0.717, 1.165) is 88.6 Å². The van der Waals surface area contributed by atoms with Crippen LogP contribution in [0.1, 0.15) is 16.7 Å². The van der Waals surface area contributed by atoms with Gasteiger partial charge in [0, 0.05) is 38.2 Å². The van der Waals surface area contributed by atoms with Crippen LogP contribution in [0.3, 0.4) is 0 Å². The van der Waals surface area contributed by atoms with Crippen molar-refractivity contribution in [3.8, 4) is 73.3 Å². The molecule has 0 aliphatic heterocycles. The molecule has 0 unspecified atom stereocenters. The van der Waals surface area contributed by atoms with E-state index in [4.69, 9.17) is 4.98 Å². The minimum absolute atomic E-state index is 0.564. The van der Waals surface area contributed by atoms with E-state index in [1.165, 1.54) is 33.4 Å². The molecule has 12 rings (SSSR count). The van der Waals surface area contributed by atoms with Crippen LogP contribution in [0.25, 0.3) is 111 Å². The second-order valence-corrected chi connectivity index (χ2v) is 17.2. The predicted octanol–water partition coefficient (Wildman–Crippen LogP) is 16.1. The first-order valence-corrected chi connectivity index (χ1v) is 22.4. The van der Waals surface area contributed by atoms with Gasteiger partial charge >= 0.3 is 0 Å². The van der Waals surface area contributed by atoms with Crippen molar-refractivity contribution in [2.45, 2.75) is 13.8 Å². The summed E-state index contributed by atoms with van der Waals surface area (Å²) in [7, 11) is 0. The number of aromatic nitrogens is 3. The van der Waals surface area contributed by atoms with Gasteiger partial charge in [0.1, 0.15) is 0 Å². The van der Waals surface area contributed by atoms with E-state index in [1.54, 1.807) is 0 Å². The zero-order chi connectivity index (χ0) is 44.3. The maximum absolute atomic E-state index is 11.1. The molecule has 0 saturated heterocycles. The number of hydrogen-bond donors (Lipinski definition) is 0. The van der Waals surface area contributed by atoms with Crippen molar-refractivity contribution >= 4 is 43.6 Å². The Morgan fingerprint density at radius 3 is 1.23 bits per heavy atom. The van der Waals surface area contributed by atoms with Crippen LogP contribution in [0.15, 0.2) is 218 Å². The van der Waals surface area contributed by atoms with Gasteiger partial charge in [0.15, 0.2) is 0 Å². The summed E-state index contributed by atoms with van der Waals surface area (Å²) in [6, 6.07) is 80.2. The number of aryl methyl sites for hydroxylation is 2. The minimum Gasteiger partial charge on any atom is -0.308 e. The molecule has 0 bridgehead atoms. The molecule has 0 aliphatic carbocycles. The van der Waals surface area contributed by atoms with Crippen molar-refractivity contribution in [3.05, 3.63) is 235 Å². The van der Waals surface area contributed by atoms with E-state index in [-0.39, 0.29) is 0 Å². The molecule has 0 saturated carbocycles. The summed E-state index contributed by atoms with van der Waals surface area (Å²) in [6.07, 6.45) is 0. The Labute approximate surface area is 383 Å². The molecular formula is C62H42N4. The summed E-state index contributed by atoms with van der Waals surface area (Å²) in [4.78, 5) is 5.34. The Bertz CT molecular complexity index is 3660. The molecule has 0 aliphatic rings. The molecule has 12 aromatic rings. The number of nitrogens with zero attached hydrogens (tertiary/aromatic N) is 4. The van der Waals surface area contributed by atoms with Gasteiger partial charge in [-0.15, -0.1) is 0 Å². The maximum Gasteiger partial charge on any atom is 0.0993 e.